The summed E-state index contributed by atoms with van der Waals surface area (Å²) in [6.45, 7) is 6.48. The zero-order valence-corrected chi connectivity index (χ0v) is 13.8. The van der Waals surface area contributed by atoms with Crippen LogP contribution < -0.4 is 5.32 Å². The third-order valence-corrected chi connectivity index (χ3v) is 4.27. The van der Waals surface area contributed by atoms with Crippen LogP contribution in [0.4, 0.5) is 0 Å². The number of aryl methyl sites for hydroxylation is 3. The first kappa shape index (κ1) is 16.0. The number of hydrogen-bond donors (Lipinski definition) is 1. The highest BCUT2D eigenvalue weighted by Gasteiger charge is 2.08. The van der Waals surface area contributed by atoms with Crippen molar-refractivity contribution in [1.29, 1.82) is 0 Å². The minimum absolute atomic E-state index is 0.722. The lowest BCUT2D eigenvalue weighted by atomic mass is 10.2. The fraction of sp³-hybridized carbons (Fsp3) is 0.467. The number of pyridine rings is 1. The van der Waals surface area contributed by atoms with Gasteiger partial charge in [-0.25, -0.2) is 4.98 Å². The molecule has 0 saturated heterocycles. The summed E-state index contributed by atoms with van der Waals surface area (Å²) in [5.74, 6) is 0. The van der Waals surface area contributed by atoms with Crippen molar-refractivity contribution < 1.29 is 4.74 Å². The first-order chi connectivity index (χ1) is 10.1. The molecular formula is C15H22N4OS. The summed E-state index contributed by atoms with van der Waals surface area (Å²) >= 11 is 1.65. The third kappa shape index (κ3) is 4.56. The monoisotopic (exact) mass is 306 g/mol. The molecule has 0 spiro atoms. The minimum Gasteiger partial charge on any atom is -0.383 e. The van der Waals surface area contributed by atoms with Gasteiger partial charge in [0.25, 0.3) is 0 Å². The predicted octanol–water partition coefficient (Wildman–Crippen LogP) is 2.32. The molecule has 0 amide bonds. The second kappa shape index (κ2) is 7.59. The van der Waals surface area contributed by atoms with Crippen molar-refractivity contribution in [1.82, 2.24) is 20.1 Å². The molecule has 0 aliphatic carbocycles. The van der Waals surface area contributed by atoms with Gasteiger partial charge in [0, 0.05) is 33.4 Å². The molecule has 114 valence electrons. The molecule has 21 heavy (non-hydrogen) atoms. The Morgan fingerprint density at radius 1 is 1.33 bits per heavy atom. The Kier molecular flexibility index (Phi) is 5.78. The summed E-state index contributed by atoms with van der Waals surface area (Å²) in [5, 5.41) is 9.82. The van der Waals surface area contributed by atoms with Gasteiger partial charge >= 0.3 is 0 Å². The van der Waals surface area contributed by atoms with E-state index in [1.807, 2.05) is 24.9 Å². The van der Waals surface area contributed by atoms with Crippen molar-refractivity contribution in [2.75, 3.05) is 20.3 Å². The van der Waals surface area contributed by atoms with Gasteiger partial charge < -0.3 is 10.1 Å². The Hall–Kier alpha value is -1.37. The van der Waals surface area contributed by atoms with Gasteiger partial charge in [0.1, 0.15) is 10.1 Å². The van der Waals surface area contributed by atoms with Crippen LogP contribution in [0.15, 0.2) is 28.4 Å². The van der Waals surface area contributed by atoms with Crippen LogP contribution in [-0.2, 0) is 18.3 Å². The van der Waals surface area contributed by atoms with Gasteiger partial charge in [-0.1, -0.05) is 17.8 Å². The molecule has 0 aromatic carbocycles. The van der Waals surface area contributed by atoms with E-state index in [4.69, 9.17) is 4.74 Å². The number of ether oxygens (including phenoxy) is 1. The molecule has 0 aliphatic rings. The molecule has 1 N–H and O–H groups in total. The fourth-order valence-electron chi connectivity index (χ4n) is 2.01. The normalized spacial score (nSPS) is 11.0. The van der Waals surface area contributed by atoms with E-state index in [9.17, 15) is 0 Å². The Bertz CT molecular complexity index is 597. The maximum atomic E-state index is 5.01. The molecule has 0 atom stereocenters. The smallest absolute Gasteiger partial charge is 0.105 e. The summed E-state index contributed by atoms with van der Waals surface area (Å²) in [6.07, 6.45) is 1.93. The van der Waals surface area contributed by atoms with E-state index >= 15 is 0 Å². The first-order valence-electron chi connectivity index (χ1n) is 6.94. The number of nitrogens with one attached hydrogen (secondary N) is 1. The van der Waals surface area contributed by atoms with E-state index in [1.165, 1.54) is 11.1 Å². The maximum Gasteiger partial charge on any atom is 0.105 e. The Balaban J connectivity index is 2.00. The standard InChI is InChI=1S/C15H22N4OS/c1-11-7-13(9-16-5-6-20-4)10-17-15(11)21-14-8-12(2)18-19(14)3/h7-8,10,16H,5-6,9H2,1-4H3. The van der Waals surface area contributed by atoms with Gasteiger partial charge in [0.2, 0.25) is 0 Å². The molecule has 2 rings (SSSR count). The minimum atomic E-state index is 0.722. The van der Waals surface area contributed by atoms with E-state index in [1.54, 1.807) is 18.9 Å². The zero-order chi connectivity index (χ0) is 15.2. The predicted molar refractivity (Wildman–Crippen MR) is 84.6 cm³/mol. The molecule has 0 fully saturated rings. The van der Waals surface area contributed by atoms with Crippen molar-refractivity contribution in [3.8, 4) is 0 Å². The van der Waals surface area contributed by atoms with Gasteiger partial charge in [-0.2, -0.15) is 5.10 Å². The van der Waals surface area contributed by atoms with Gasteiger partial charge in [0.15, 0.2) is 0 Å². The number of rotatable bonds is 7. The number of hydrogen-bond acceptors (Lipinski definition) is 5. The Labute approximate surface area is 130 Å². The molecule has 0 saturated carbocycles. The summed E-state index contributed by atoms with van der Waals surface area (Å²) < 4.78 is 6.90. The molecule has 0 radical (unpaired) electrons. The highest BCUT2D eigenvalue weighted by atomic mass is 32.2. The molecule has 6 heteroatoms. The molecule has 0 unspecified atom stereocenters. The van der Waals surface area contributed by atoms with Crippen LogP contribution >= 0.6 is 11.8 Å². The van der Waals surface area contributed by atoms with Crippen LogP contribution in [0.2, 0.25) is 0 Å². The molecule has 5 nitrogen and oxygen atoms in total. The largest absolute Gasteiger partial charge is 0.383 e. The first-order valence-corrected chi connectivity index (χ1v) is 7.75. The van der Waals surface area contributed by atoms with Gasteiger partial charge in [-0.3, -0.25) is 4.68 Å². The average Bonchev–Trinajstić information content (AvgIpc) is 2.76. The molecule has 2 heterocycles. The summed E-state index contributed by atoms with van der Waals surface area (Å²) in [7, 11) is 3.66. The van der Waals surface area contributed by atoms with E-state index in [0.29, 0.717) is 0 Å². The lowest BCUT2D eigenvalue weighted by Gasteiger charge is -2.08. The summed E-state index contributed by atoms with van der Waals surface area (Å²) in [4.78, 5) is 4.57. The Morgan fingerprint density at radius 2 is 2.14 bits per heavy atom. The number of aromatic nitrogens is 3. The fourth-order valence-corrected chi connectivity index (χ4v) is 2.94. The highest BCUT2D eigenvalue weighted by Crippen LogP contribution is 2.28. The van der Waals surface area contributed by atoms with E-state index in [2.05, 4.69) is 34.5 Å². The maximum absolute atomic E-state index is 5.01. The summed E-state index contributed by atoms with van der Waals surface area (Å²) in [5.41, 5.74) is 3.40. The second-order valence-corrected chi connectivity index (χ2v) is 5.99. The average molecular weight is 306 g/mol. The van der Waals surface area contributed by atoms with Crippen LogP contribution in [0.1, 0.15) is 16.8 Å². The quantitative estimate of drug-likeness (QED) is 0.796. The van der Waals surface area contributed by atoms with Crippen LogP contribution in [-0.4, -0.2) is 35.0 Å². The molecule has 0 aliphatic heterocycles. The van der Waals surface area contributed by atoms with Crippen LogP contribution in [0.5, 0.6) is 0 Å². The van der Waals surface area contributed by atoms with Crippen molar-refractivity contribution in [2.24, 2.45) is 7.05 Å². The second-order valence-electron chi connectivity index (χ2n) is 4.98. The number of nitrogens with zero attached hydrogens (tertiary/aromatic N) is 3. The lowest BCUT2D eigenvalue weighted by molar-refractivity contribution is 0.199. The van der Waals surface area contributed by atoms with Crippen LogP contribution in [0.3, 0.4) is 0 Å². The van der Waals surface area contributed by atoms with Crippen LogP contribution in [0, 0.1) is 13.8 Å². The molecule has 2 aromatic heterocycles. The molecular weight excluding hydrogens is 284 g/mol. The highest BCUT2D eigenvalue weighted by molar-refractivity contribution is 7.99. The SMILES string of the molecule is COCCNCc1cnc(Sc2cc(C)nn2C)c(C)c1. The van der Waals surface area contributed by atoms with Crippen LogP contribution in [0.25, 0.3) is 0 Å². The van der Waals surface area contributed by atoms with E-state index in [0.717, 1.165) is 35.4 Å². The topological polar surface area (TPSA) is 52.0 Å². The molecule has 0 bridgehead atoms. The van der Waals surface area contributed by atoms with Gasteiger partial charge in [-0.05, 0) is 31.0 Å². The van der Waals surface area contributed by atoms with Crippen molar-refractivity contribution in [2.45, 2.75) is 30.4 Å². The van der Waals surface area contributed by atoms with E-state index < -0.39 is 0 Å². The molecule has 2 aromatic rings. The van der Waals surface area contributed by atoms with Crippen molar-refractivity contribution in [3.63, 3.8) is 0 Å². The third-order valence-electron chi connectivity index (χ3n) is 3.06. The zero-order valence-electron chi connectivity index (χ0n) is 13.0. The van der Waals surface area contributed by atoms with Gasteiger partial charge in [0.05, 0.1) is 12.3 Å². The lowest BCUT2D eigenvalue weighted by Crippen LogP contribution is -2.18. The summed E-state index contributed by atoms with van der Waals surface area (Å²) in [6, 6.07) is 4.25. The van der Waals surface area contributed by atoms with Crippen molar-refractivity contribution >= 4 is 11.8 Å². The Morgan fingerprint density at radius 3 is 2.76 bits per heavy atom. The van der Waals surface area contributed by atoms with Gasteiger partial charge in [-0.15, -0.1) is 0 Å². The van der Waals surface area contributed by atoms with Crippen molar-refractivity contribution in [3.05, 3.63) is 35.2 Å². The number of methoxy groups -OCH3 is 1. The van der Waals surface area contributed by atoms with E-state index in [-0.39, 0.29) is 0 Å².